The van der Waals surface area contributed by atoms with Crippen LogP contribution in [0.4, 0.5) is 0 Å². The highest BCUT2D eigenvalue weighted by atomic mass is 16.5. The van der Waals surface area contributed by atoms with Gasteiger partial charge in [0, 0.05) is 6.61 Å². The van der Waals surface area contributed by atoms with Crippen LogP contribution in [-0.2, 0) is 9.53 Å². The highest BCUT2D eigenvalue weighted by Gasteiger charge is 2.30. The van der Waals surface area contributed by atoms with Crippen molar-refractivity contribution in [3.8, 4) is 0 Å². The minimum atomic E-state index is -0.701. The topological polar surface area (TPSA) is 46.5 Å². The first-order valence-electron chi connectivity index (χ1n) is 4.60. The van der Waals surface area contributed by atoms with Gasteiger partial charge in [0.2, 0.25) is 0 Å². The maximum absolute atomic E-state index is 10.8. The Kier molecular flexibility index (Phi) is 3.53. The van der Waals surface area contributed by atoms with E-state index in [4.69, 9.17) is 9.84 Å². The first kappa shape index (κ1) is 9.52. The molecule has 70 valence electrons. The normalized spacial score (nSPS) is 30.1. The lowest BCUT2D eigenvalue weighted by Crippen LogP contribution is -2.34. The number of ether oxygens (including phenoxy) is 1. The van der Waals surface area contributed by atoms with Gasteiger partial charge in [-0.05, 0) is 19.3 Å². The summed E-state index contributed by atoms with van der Waals surface area (Å²) < 4.78 is 5.41. The highest BCUT2D eigenvalue weighted by Crippen LogP contribution is 2.24. The van der Waals surface area contributed by atoms with E-state index in [0.29, 0.717) is 0 Å². The lowest BCUT2D eigenvalue weighted by atomic mass is 9.92. The van der Waals surface area contributed by atoms with Gasteiger partial charge in [0.25, 0.3) is 0 Å². The molecule has 0 amide bonds. The molecule has 3 nitrogen and oxygen atoms in total. The average molecular weight is 172 g/mol. The second-order valence-corrected chi connectivity index (χ2v) is 3.28. The van der Waals surface area contributed by atoms with Crippen molar-refractivity contribution >= 4 is 5.97 Å². The van der Waals surface area contributed by atoms with E-state index in [2.05, 4.69) is 6.92 Å². The van der Waals surface area contributed by atoms with Crippen molar-refractivity contribution in [2.75, 3.05) is 6.61 Å². The summed E-state index contributed by atoms with van der Waals surface area (Å²) in [7, 11) is 0. The van der Waals surface area contributed by atoms with E-state index >= 15 is 0 Å². The summed E-state index contributed by atoms with van der Waals surface area (Å²) in [6.45, 7) is 2.78. The third kappa shape index (κ3) is 2.21. The first-order valence-corrected chi connectivity index (χ1v) is 4.60. The number of carboxylic acids is 1. The van der Waals surface area contributed by atoms with Crippen LogP contribution in [-0.4, -0.2) is 23.8 Å². The first-order chi connectivity index (χ1) is 5.75. The summed E-state index contributed by atoms with van der Waals surface area (Å²) >= 11 is 0. The van der Waals surface area contributed by atoms with Gasteiger partial charge in [-0.15, -0.1) is 0 Å². The molecule has 1 N–H and O–H groups in total. The summed E-state index contributed by atoms with van der Waals surface area (Å²) in [6.07, 6.45) is 3.49. The molecule has 0 saturated carbocycles. The molecule has 0 aliphatic carbocycles. The minimum Gasteiger partial charge on any atom is -0.481 e. The van der Waals surface area contributed by atoms with Crippen molar-refractivity contribution in [3.63, 3.8) is 0 Å². The van der Waals surface area contributed by atoms with Crippen LogP contribution >= 0.6 is 0 Å². The molecule has 0 aromatic heterocycles. The van der Waals surface area contributed by atoms with E-state index in [1.165, 1.54) is 0 Å². The number of rotatable bonds is 3. The molecular formula is C9H16O3. The van der Waals surface area contributed by atoms with E-state index < -0.39 is 5.97 Å². The summed E-state index contributed by atoms with van der Waals surface area (Å²) in [6, 6.07) is 0. The minimum absolute atomic E-state index is 0.0405. The van der Waals surface area contributed by atoms with Crippen LogP contribution in [0.2, 0.25) is 0 Å². The quantitative estimate of drug-likeness (QED) is 0.704. The van der Waals surface area contributed by atoms with Crippen LogP contribution in [0.15, 0.2) is 0 Å². The van der Waals surface area contributed by atoms with Gasteiger partial charge < -0.3 is 9.84 Å². The summed E-state index contributed by atoms with van der Waals surface area (Å²) in [5.74, 6) is -0.966. The molecule has 0 aromatic carbocycles. The maximum atomic E-state index is 10.8. The molecule has 1 fully saturated rings. The smallest absolute Gasteiger partial charge is 0.309 e. The zero-order valence-corrected chi connectivity index (χ0v) is 7.45. The molecule has 0 unspecified atom stereocenters. The van der Waals surface area contributed by atoms with Gasteiger partial charge >= 0.3 is 5.97 Å². The predicted molar refractivity (Wildman–Crippen MR) is 45.0 cm³/mol. The highest BCUT2D eigenvalue weighted by molar-refractivity contribution is 5.70. The molecule has 0 spiro atoms. The van der Waals surface area contributed by atoms with Crippen molar-refractivity contribution in [3.05, 3.63) is 0 Å². The Morgan fingerprint density at radius 2 is 2.42 bits per heavy atom. The van der Waals surface area contributed by atoms with Crippen LogP contribution in [0.3, 0.4) is 0 Å². The fraction of sp³-hybridized carbons (Fsp3) is 0.889. The Bertz CT molecular complexity index is 154. The van der Waals surface area contributed by atoms with Gasteiger partial charge in [0.1, 0.15) is 0 Å². The second kappa shape index (κ2) is 4.45. The molecule has 0 bridgehead atoms. The van der Waals surface area contributed by atoms with E-state index in [-0.39, 0.29) is 12.0 Å². The number of carboxylic acid groups (broad SMARTS) is 1. The number of hydrogen-bond acceptors (Lipinski definition) is 2. The zero-order chi connectivity index (χ0) is 8.97. The molecule has 1 saturated heterocycles. The monoisotopic (exact) mass is 172 g/mol. The summed E-state index contributed by atoms with van der Waals surface area (Å²) in [5, 5.41) is 8.86. The average Bonchev–Trinajstić information content (AvgIpc) is 2.05. The summed E-state index contributed by atoms with van der Waals surface area (Å²) in [5.41, 5.74) is 0. The zero-order valence-electron chi connectivity index (χ0n) is 7.45. The van der Waals surface area contributed by atoms with Gasteiger partial charge in [-0.25, -0.2) is 0 Å². The van der Waals surface area contributed by atoms with Crippen LogP contribution in [0, 0.1) is 5.92 Å². The van der Waals surface area contributed by atoms with Crippen molar-refractivity contribution in [1.29, 1.82) is 0 Å². The molecule has 12 heavy (non-hydrogen) atoms. The van der Waals surface area contributed by atoms with Crippen molar-refractivity contribution in [1.82, 2.24) is 0 Å². The Morgan fingerprint density at radius 3 is 3.00 bits per heavy atom. The van der Waals surface area contributed by atoms with Gasteiger partial charge in [-0.2, -0.15) is 0 Å². The van der Waals surface area contributed by atoms with Crippen molar-refractivity contribution in [2.24, 2.45) is 5.92 Å². The molecule has 0 aromatic rings. The maximum Gasteiger partial charge on any atom is 0.309 e. The van der Waals surface area contributed by atoms with Crippen molar-refractivity contribution in [2.45, 2.75) is 38.7 Å². The Labute approximate surface area is 72.7 Å². The molecule has 1 aliphatic heterocycles. The SMILES string of the molecule is CCC[C@H]1OCCC[C@@H]1C(=O)O. The molecular weight excluding hydrogens is 156 g/mol. The van der Waals surface area contributed by atoms with Crippen LogP contribution in [0.25, 0.3) is 0 Å². The van der Waals surface area contributed by atoms with E-state index in [0.717, 1.165) is 32.3 Å². The third-order valence-electron chi connectivity index (χ3n) is 2.33. The number of hydrogen-bond donors (Lipinski definition) is 1. The fourth-order valence-electron chi connectivity index (χ4n) is 1.69. The fourth-order valence-corrected chi connectivity index (χ4v) is 1.69. The second-order valence-electron chi connectivity index (χ2n) is 3.28. The van der Waals surface area contributed by atoms with Gasteiger partial charge in [0.05, 0.1) is 12.0 Å². The molecule has 0 radical (unpaired) electrons. The Morgan fingerprint density at radius 1 is 1.67 bits per heavy atom. The molecule has 1 heterocycles. The van der Waals surface area contributed by atoms with E-state index in [9.17, 15) is 4.79 Å². The van der Waals surface area contributed by atoms with Crippen LogP contribution in [0.5, 0.6) is 0 Å². The molecule has 1 rings (SSSR count). The predicted octanol–water partition coefficient (Wildman–Crippen LogP) is 1.67. The Balaban J connectivity index is 2.48. The van der Waals surface area contributed by atoms with Gasteiger partial charge in [-0.3, -0.25) is 4.79 Å². The largest absolute Gasteiger partial charge is 0.481 e. The number of carbonyl (C=O) groups is 1. The molecule has 2 atom stereocenters. The van der Waals surface area contributed by atoms with Gasteiger partial charge in [0.15, 0.2) is 0 Å². The standard InChI is InChI=1S/C9H16O3/c1-2-4-8-7(9(10)11)5-3-6-12-8/h7-8H,2-6H2,1H3,(H,10,11)/t7-,8+/m0/s1. The van der Waals surface area contributed by atoms with Crippen LogP contribution in [0.1, 0.15) is 32.6 Å². The third-order valence-corrected chi connectivity index (χ3v) is 2.33. The lowest BCUT2D eigenvalue weighted by molar-refractivity contribution is -0.151. The lowest BCUT2D eigenvalue weighted by Gasteiger charge is -2.28. The molecule has 1 aliphatic rings. The van der Waals surface area contributed by atoms with Gasteiger partial charge in [-0.1, -0.05) is 13.3 Å². The molecule has 3 heteroatoms. The van der Waals surface area contributed by atoms with Crippen LogP contribution < -0.4 is 0 Å². The Hall–Kier alpha value is -0.570. The number of aliphatic carboxylic acids is 1. The van der Waals surface area contributed by atoms with E-state index in [1.54, 1.807) is 0 Å². The summed E-state index contributed by atoms with van der Waals surface area (Å²) in [4.78, 5) is 10.8. The van der Waals surface area contributed by atoms with Crippen molar-refractivity contribution < 1.29 is 14.6 Å². The van der Waals surface area contributed by atoms with E-state index in [1.807, 2.05) is 0 Å².